The molecule has 11 heteroatoms. The maximum atomic E-state index is 6.33. The van der Waals surface area contributed by atoms with Gasteiger partial charge in [-0.2, -0.15) is 0 Å². The summed E-state index contributed by atoms with van der Waals surface area (Å²) >= 11 is 0. The molecular weight excluding hydrogens is 497 g/mol. The minimum Gasteiger partial charge on any atom is -0.477 e. The van der Waals surface area contributed by atoms with Gasteiger partial charge in [0.2, 0.25) is 5.88 Å². The lowest BCUT2D eigenvalue weighted by atomic mass is 9.41. The van der Waals surface area contributed by atoms with Crippen LogP contribution >= 0.6 is 0 Å². The van der Waals surface area contributed by atoms with Crippen LogP contribution in [0.4, 0.5) is 5.69 Å². The molecule has 2 atom stereocenters. The SMILES string of the molecule is BC(B)(B)c1nnn(C)c1-c1cnc2c(c1)N([C@H](c1ccccc1)C1CCOCC1)C1C=NC(OCC3CC3)=C21. The summed E-state index contributed by atoms with van der Waals surface area (Å²) in [5.41, 5.74) is 7.50. The number of ether oxygens (including phenoxy) is 2. The summed E-state index contributed by atoms with van der Waals surface area (Å²) in [7, 11) is 8.50. The van der Waals surface area contributed by atoms with Crippen LogP contribution in [0.1, 0.15) is 48.7 Å². The van der Waals surface area contributed by atoms with Gasteiger partial charge in [-0.3, -0.25) is 4.98 Å². The third-order valence-corrected chi connectivity index (χ3v) is 8.68. The molecule has 1 aliphatic carbocycles. The number of rotatable bonds is 8. The van der Waals surface area contributed by atoms with Gasteiger partial charge in [-0.05, 0) is 49.1 Å². The van der Waals surface area contributed by atoms with E-state index in [2.05, 4.69) is 81.4 Å². The minimum atomic E-state index is -0.146. The Kier molecular flexibility index (Phi) is 6.37. The molecule has 7 rings (SSSR count). The summed E-state index contributed by atoms with van der Waals surface area (Å²) in [6.45, 7) is 2.31. The van der Waals surface area contributed by atoms with Crippen molar-refractivity contribution in [2.24, 2.45) is 23.9 Å². The normalized spacial score (nSPS) is 21.5. The van der Waals surface area contributed by atoms with E-state index in [0.717, 1.165) is 72.5 Å². The Morgan fingerprint density at radius 2 is 1.88 bits per heavy atom. The molecule has 2 aromatic heterocycles. The van der Waals surface area contributed by atoms with E-state index in [1.165, 1.54) is 18.4 Å². The summed E-state index contributed by atoms with van der Waals surface area (Å²) in [6.07, 6.45) is 8.58. The maximum Gasteiger partial charge on any atom is 0.221 e. The highest BCUT2D eigenvalue weighted by molar-refractivity contribution is 6.59. The zero-order valence-corrected chi connectivity index (χ0v) is 23.9. The van der Waals surface area contributed by atoms with Crippen molar-refractivity contribution in [1.29, 1.82) is 0 Å². The smallest absolute Gasteiger partial charge is 0.221 e. The van der Waals surface area contributed by atoms with Gasteiger partial charge in [-0.25, -0.2) is 9.67 Å². The third kappa shape index (κ3) is 4.48. The first-order valence-corrected chi connectivity index (χ1v) is 14.6. The molecule has 0 bridgehead atoms. The summed E-state index contributed by atoms with van der Waals surface area (Å²) in [4.78, 5) is 12.5. The average molecular weight is 532 g/mol. The van der Waals surface area contributed by atoms with E-state index in [1.54, 1.807) is 0 Å². The third-order valence-electron chi connectivity index (χ3n) is 8.68. The molecule has 0 spiro atoms. The van der Waals surface area contributed by atoms with E-state index in [1.807, 2.05) is 17.9 Å². The van der Waals surface area contributed by atoms with Crippen LogP contribution in [0.25, 0.3) is 16.8 Å². The molecule has 0 radical (unpaired) electrons. The number of aromatic nitrogens is 4. The van der Waals surface area contributed by atoms with Crippen molar-refractivity contribution in [3.63, 3.8) is 0 Å². The van der Waals surface area contributed by atoms with Crippen LogP contribution in [-0.4, -0.2) is 75.6 Å². The van der Waals surface area contributed by atoms with Crippen LogP contribution in [0.5, 0.6) is 0 Å². The molecule has 8 nitrogen and oxygen atoms in total. The monoisotopic (exact) mass is 532 g/mol. The average Bonchev–Trinajstić information content (AvgIpc) is 3.43. The molecule has 5 heterocycles. The van der Waals surface area contributed by atoms with Crippen LogP contribution < -0.4 is 4.90 Å². The number of aryl methyl sites for hydroxylation is 1. The van der Waals surface area contributed by atoms with Crippen molar-refractivity contribution in [3.05, 3.63) is 65.4 Å². The summed E-state index contributed by atoms with van der Waals surface area (Å²) < 4.78 is 14.0. The second-order valence-electron chi connectivity index (χ2n) is 12.7. The highest BCUT2D eigenvalue weighted by atomic mass is 16.5. The molecule has 2 fully saturated rings. The molecule has 0 N–H and O–H groups in total. The summed E-state index contributed by atoms with van der Waals surface area (Å²) in [6, 6.07) is 13.3. The van der Waals surface area contributed by atoms with Crippen LogP contribution in [0.2, 0.25) is 0 Å². The Bertz CT molecular complexity index is 1470. The van der Waals surface area contributed by atoms with Crippen molar-refractivity contribution in [1.82, 2.24) is 20.0 Å². The predicted molar refractivity (Wildman–Crippen MR) is 165 cm³/mol. The maximum absolute atomic E-state index is 6.33. The van der Waals surface area contributed by atoms with E-state index in [9.17, 15) is 0 Å². The number of benzene rings is 1. The fourth-order valence-electron chi connectivity index (χ4n) is 6.44. The van der Waals surface area contributed by atoms with Crippen LogP contribution in [0, 0.1) is 11.8 Å². The van der Waals surface area contributed by atoms with Gasteiger partial charge in [0.1, 0.15) is 0 Å². The lowest BCUT2D eigenvalue weighted by molar-refractivity contribution is 0.0573. The first-order valence-electron chi connectivity index (χ1n) is 14.6. The Balaban J connectivity index is 1.39. The van der Waals surface area contributed by atoms with Crippen molar-refractivity contribution in [2.75, 3.05) is 24.7 Å². The van der Waals surface area contributed by atoms with Crippen molar-refractivity contribution >= 4 is 41.0 Å². The van der Waals surface area contributed by atoms with Gasteiger partial charge in [0.15, 0.2) is 0 Å². The van der Waals surface area contributed by atoms with Crippen LogP contribution in [0.15, 0.2) is 53.5 Å². The number of fused-ring (bicyclic) bond motifs is 3. The number of anilines is 1. The van der Waals surface area contributed by atoms with Crippen molar-refractivity contribution < 1.29 is 9.47 Å². The second kappa shape index (κ2) is 9.94. The Labute approximate surface area is 238 Å². The highest BCUT2D eigenvalue weighted by Crippen LogP contribution is 2.51. The Hall–Kier alpha value is -3.33. The fourth-order valence-corrected chi connectivity index (χ4v) is 6.44. The Morgan fingerprint density at radius 3 is 2.60 bits per heavy atom. The first-order chi connectivity index (χ1) is 19.4. The molecular formula is C29H35B3N6O2. The van der Waals surface area contributed by atoms with E-state index in [0.29, 0.717) is 11.8 Å². The lowest BCUT2D eigenvalue weighted by Gasteiger charge is -2.40. The molecule has 202 valence electrons. The molecule has 1 aromatic carbocycles. The van der Waals surface area contributed by atoms with Gasteiger partial charge < -0.3 is 14.4 Å². The molecule has 3 aromatic rings. The number of nitrogens with zero attached hydrogens (tertiary/aromatic N) is 6. The zero-order chi connectivity index (χ0) is 27.4. The number of hydrogen-bond donors (Lipinski definition) is 0. The molecule has 4 aliphatic rings. The number of hydrogen-bond acceptors (Lipinski definition) is 7. The van der Waals surface area contributed by atoms with E-state index < -0.39 is 0 Å². The largest absolute Gasteiger partial charge is 0.477 e. The lowest BCUT2D eigenvalue weighted by Crippen LogP contribution is -2.41. The second-order valence-corrected chi connectivity index (χ2v) is 12.7. The quantitative estimate of drug-likeness (QED) is 0.409. The summed E-state index contributed by atoms with van der Waals surface area (Å²) in [5.74, 6) is 1.83. The minimum absolute atomic E-state index is 0.0215. The van der Waals surface area contributed by atoms with Gasteiger partial charge >= 0.3 is 0 Å². The Morgan fingerprint density at radius 1 is 1.10 bits per heavy atom. The van der Waals surface area contributed by atoms with Gasteiger partial charge in [-0.1, -0.05) is 40.7 Å². The van der Waals surface area contributed by atoms with Crippen molar-refractivity contribution in [3.8, 4) is 11.3 Å². The molecule has 1 saturated carbocycles. The predicted octanol–water partition coefficient (Wildman–Crippen LogP) is 1.42. The van der Waals surface area contributed by atoms with E-state index >= 15 is 0 Å². The highest BCUT2D eigenvalue weighted by Gasteiger charge is 2.46. The van der Waals surface area contributed by atoms with Gasteiger partial charge in [-0.15, -0.1) is 5.10 Å². The zero-order valence-electron chi connectivity index (χ0n) is 23.9. The molecule has 1 unspecified atom stereocenters. The number of aliphatic imine (C=N–C) groups is 1. The fraction of sp³-hybridized carbons (Fsp3) is 0.448. The van der Waals surface area contributed by atoms with Gasteiger partial charge in [0, 0.05) is 38.2 Å². The van der Waals surface area contributed by atoms with Crippen LogP contribution in [-0.2, 0) is 21.6 Å². The van der Waals surface area contributed by atoms with Gasteiger partial charge in [0.25, 0.3) is 0 Å². The summed E-state index contributed by atoms with van der Waals surface area (Å²) in [5, 5.41) is 8.81. The molecule has 1 saturated heterocycles. The van der Waals surface area contributed by atoms with Crippen molar-refractivity contribution in [2.45, 2.75) is 42.9 Å². The van der Waals surface area contributed by atoms with Gasteiger partial charge in [0.05, 0.1) is 70.6 Å². The van der Waals surface area contributed by atoms with Crippen LogP contribution in [0.3, 0.4) is 0 Å². The molecule has 40 heavy (non-hydrogen) atoms. The number of pyridine rings is 1. The standard InChI is InChI=1S/C29H35B3N6O2/c1-37-26(27(35-36-37)29(30,31)32)20-13-21-24(33-14-20)23-22(15-34-28(23)40-16-17-7-8-17)38(21)25(18-5-3-2-4-6-18)19-9-11-39-12-10-19/h2-6,13-15,17,19,22,25H,7-12,16,30-32H2,1H3/t22?,25-/m1/s1. The molecule has 3 aliphatic heterocycles. The van der Waals surface area contributed by atoms with E-state index in [-0.39, 0.29) is 17.2 Å². The van der Waals surface area contributed by atoms with E-state index in [4.69, 9.17) is 19.5 Å². The first kappa shape index (κ1) is 25.6. The topological polar surface area (TPSA) is 77.7 Å². The molecule has 0 amide bonds.